The van der Waals surface area contributed by atoms with Crippen molar-refractivity contribution in [3.63, 3.8) is 0 Å². The van der Waals surface area contributed by atoms with Crippen LogP contribution < -0.4 is 4.74 Å². The number of hydrogen-bond acceptors (Lipinski definition) is 2. The lowest BCUT2D eigenvalue weighted by Crippen LogP contribution is -2.16. The van der Waals surface area contributed by atoms with E-state index in [1.807, 2.05) is 13.8 Å². The summed E-state index contributed by atoms with van der Waals surface area (Å²) in [5.74, 6) is -0.651. The van der Waals surface area contributed by atoms with Gasteiger partial charge in [-0.2, -0.15) is 13.2 Å². The monoisotopic (exact) mass is 494 g/mol. The number of alkyl halides is 6. The highest BCUT2D eigenvalue weighted by atomic mass is 19.4. The van der Waals surface area contributed by atoms with Crippen LogP contribution in [0, 0.1) is 5.92 Å². The molecule has 0 aliphatic heterocycles. The van der Waals surface area contributed by atoms with Crippen molar-refractivity contribution in [1.29, 1.82) is 0 Å². The predicted molar refractivity (Wildman–Crippen MR) is 122 cm³/mol. The van der Waals surface area contributed by atoms with Crippen LogP contribution in [0.2, 0.25) is 0 Å². The molecule has 0 saturated heterocycles. The topological polar surface area (TPSA) is 26.3 Å². The van der Waals surface area contributed by atoms with Gasteiger partial charge in [-0.15, -0.1) is 13.2 Å². The van der Waals surface area contributed by atoms with Crippen LogP contribution >= 0.6 is 0 Å². The van der Waals surface area contributed by atoms with Gasteiger partial charge in [-0.3, -0.25) is 4.79 Å². The van der Waals surface area contributed by atoms with E-state index in [0.29, 0.717) is 34.2 Å². The van der Waals surface area contributed by atoms with Crippen LogP contribution in [-0.2, 0) is 11.0 Å². The molecule has 0 fully saturated rings. The Morgan fingerprint density at radius 2 is 1.26 bits per heavy atom. The minimum Gasteiger partial charge on any atom is -0.406 e. The maximum absolute atomic E-state index is 13.0. The molecule has 35 heavy (non-hydrogen) atoms. The van der Waals surface area contributed by atoms with Gasteiger partial charge >= 0.3 is 12.5 Å². The Bertz CT molecular complexity index is 1160. The second-order valence-electron chi connectivity index (χ2n) is 8.78. The molecule has 0 amide bonds. The average Bonchev–Trinajstić information content (AvgIpc) is 2.76. The number of benzene rings is 3. The van der Waals surface area contributed by atoms with Gasteiger partial charge < -0.3 is 4.74 Å². The molecular formula is C27H24F6O2. The van der Waals surface area contributed by atoms with E-state index >= 15 is 0 Å². The third-order valence-corrected chi connectivity index (χ3v) is 5.52. The van der Waals surface area contributed by atoms with Crippen LogP contribution in [0.25, 0.3) is 22.3 Å². The van der Waals surface area contributed by atoms with Gasteiger partial charge in [-0.25, -0.2) is 0 Å². The molecule has 3 aromatic rings. The van der Waals surface area contributed by atoms with Gasteiger partial charge in [0, 0.05) is 5.92 Å². The molecule has 0 bridgehead atoms. The van der Waals surface area contributed by atoms with E-state index in [0.717, 1.165) is 12.1 Å². The van der Waals surface area contributed by atoms with Gasteiger partial charge in [0.25, 0.3) is 0 Å². The van der Waals surface area contributed by atoms with Crippen LogP contribution in [-0.4, -0.2) is 12.1 Å². The molecule has 186 valence electrons. The lowest BCUT2D eigenvalue weighted by molar-refractivity contribution is -0.274. The van der Waals surface area contributed by atoms with E-state index in [2.05, 4.69) is 4.74 Å². The summed E-state index contributed by atoms with van der Waals surface area (Å²) >= 11 is 0. The lowest BCUT2D eigenvalue weighted by atomic mass is 9.84. The molecule has 2 nitrogen and oxygen atoms in total. The molecular weight excluding hydrogens is 470 g/mol. The van der Waals surface area contributed by atoms with Gasteiger partial charge in [-0.05, 0) is 77.4 Å². The second-order valence-corrected chi connectivity index (χ2v) is 8.78. The summed E-state index contributed by atoms with van der Waals surface area (Å²) in [5.41, 5.74) is 2.21. The van der Waals surface area contributed by atoms with Crippen molar-refractivity contribution in [2.75, 3.05) is 0 Å². The summed E-state index contributed by atoms with van der Waals surface area (Å²) in [5, 5.41) is 0. The first-order chi connectivity index (χ1) is 16.2. The summed E-state index contributed by atoms with van der Waals surface area (Å²) in [7, 11) is 0. The van der Waals surface area contributed by atoms with Gasteiger partial charge in [0.2, 0.25) is 0 Å². The van der Waals surface area contributed by atoms with E-state index in [1.165, 1.54) is 43.3 Å². The normalized spacial score (nSPS) is 13.1. The van der Waals surface area contributed by atoms with Gasteiger partial charge in [0.1, 0.15) is 11.5 Å². The first kappa shape index (κ1) is 26.3. The Balaban J connectivity index is 2.10. The van der Waals surface area contributed by atoms with Crippen molar-refractivity contribution in [3.05, 3.63) is 77.9 Å². The number of hydrogen-bond donors (Lipinski definition) is 0. The van der Waals surface area contributed by atoms with Crippen LogP contribution in [0.4, 0.5) is 26.3 Å². The molecule has 3 rings (SSSR count). The Labute approximate surface area is 199 Å². The van der Waals surface area contributed by atoms with Gasteiger partial charge in [0.15, 0.2) is 0 Å². The van der Waals surface area contributed by atoms with Crippen molar-refractivity contribution in [3.8, 4) is 28.0 Å². The van der Waals surface area contributed by atoms with Crippen LogP contribution in [0.5, 0.6) is 5.75 Å². The number of carbonyl (C=O) groups excluding carboxylic acids is 1. The number of halogens is 6. The minimum absolute atomic E-state index is 0.0526. The van der Waals surface area contributed by atoms with Crippen LogP contribution in [0.1, 0.15) is 44.2 Å². The molecule has 3 aromatic carbocycles. The molecule has 0 heterocycles. The number of ether oxygens (including phenoxy) is 1. The van der Waals surface area contributed by atoms with Gasteiger partial charge in [0.05, 0.1) is 5.56 Å². The summed E-state index contributed by atoms with van der Waals surface area (Å²) in [4.78, 5) is 12.5. The Hall–Kier alpha value is -3.29. The Kier molecular flexibility index (Phi) is 7.62. The molecule has 0 unspecified atom stereocenters. The van der Waals surface area contributed by atoms with E-state index < -0.39 is 24.0 Å². The summed E-state index contributed by atoms with van der Waals surface area (Å²) in [6.45, 7) is 5.45. The molecule has 0 aliphatic carbocycles. The second kappa shape index (κ2) is 10.1. The van der Waals surface area contributed by atoms with Gasteiger partial charge in [-0.1, -0.05) is 50.2 Å². The number of Topliss-reactive ketones (excluding diaryl/α,β-unsaturated/α-hetero) is 1. The van der Waals surface area contributed by atoms with Crippen molar-refractivity contribution in [1.82, 2.24) is 0 Å². The highest BCUT2D eigenvalue weighted by molar-refractivity contribution is 5.85. The third kappa shape index (κ3) is 7.10. The number of carbonyl (C=O) groups is 1. The molecule has 0 aromatic heterocycles. The third-order valence-electron chi connectivity index (χ3n) is 5.52. The number of ketones is 1. The lowest BCUT2D eigenvalue weighted by Gasteiger charge is -2.19. The Morgan fingerprint density at radius 3 is 1.66 bits per heavy atom. The van der Waals surface area contributed by atoms with Crippen LogP contribution in [0.15, 0.2) is 66.7 Å². The van der Waals surface area contributed by atoms with E-state index in [9.17, 15) is 31.1 Å². The molecule has 0 aliphatic rings. The van der Waals surface area contributed by atoms with E-state index in [-0.39, 0.29) is 17.5 Å². The summed E-state index contributed by atoms with van der Waals surface area (Å²) < 4.78 is 80.5. The standard InChI is InChI=1S/C27H24F6O2/c1-16(2)12-25(17(3)34)22-14-20(18-4-8-23(9-5-18)26(28,29)30)13-21(15-22)19-6-10-24(11-7-19)35-27(31,32)33/h4-11,13-16,25H,12H2,1-3H3/t25-/m1/s1. The first-order valence-electron chi connectivity index (χ1n) is 10.9. The SMILES string of the molecule is CC(=O)[C@@H](CC(C)C)c1cc(-c2ccc(OC(F)(F)F)cc2)cc(-c2ccc(C(F)(F)F)cc2)c1. The fourth-order valence-corrected chi connectivity index (χ4v) is 3.90. The predicted octanol–water partition coefficient (Wildman–Crippen LogP) is 8.66. The minimum atomic E-state index is -4.82. The average molecular weight is 494 g/mol. The Morgan fingerprint density at radius 1 is 0.771 bits per heavy atom. The largest absolute Gasteiger partial charge is 0.573 e. The highest BCUT2D eigenvalue weighted by Crippen LogP contribution is 2.36. The zero-order valence-electron chi connectivity index (χ0n) is 19.3. The maximum atomic E-state index is 13.0. The van der Waals surface area contributed by atoms with Crippen molar-refractivity contribution in [2.45, 2.75) is 45.6 Å². The first-order valence-corrected chi connectivity index (χ1v) is 10.9. The molecule has 0 spiro atoms. The smallest absolute Gasteiger partial charge is 0.406 e. The fraction of sp³-hybridized carbons (Fsp3) is 0.296. The zero-order valence-corrected chi connectivity index (χ0v) is 19.3. The molecule has 0 radical (unpaired) electrons. The molecule has 8 heteroatoms. The molecule has 0 N–H and O–H groups in total. The summed E-state index contributed by atoms with van der Waals surface area (Å²) in [6.07, 6.45) is -8.71. The molecule has 1 atom stereocenters. The van der Waals surface area contributed by atoms with Crippen molar-refractivity contribution < 1.29 is 35.9 Å². The highest BCUT2D eigenvalue weighted by Gasteiger charge is 2.31. The zero-order chi connectivity index (χ0) is 26.0. The molecule has 0 saturated carbocycles. The van der Waals surface area contributed by atoms with Crippen molar-refractivity contribution in [2.24, 2.45) is 5.92 Å². The number of rotatable bonds is 7. The summed E-state index contributed by atoms with van der Waals surface area (Å²) in [6, 6.07) is 15.3. The van der Waals surface area contributed by atoms with E-state index in [1.54, 1.807) is 18.2 Å². The van der Waals surface area contributed by atoms with Crippen LogP contribution in [0.3, 0.4) is 0 Å². The maximum Gasteiger partial charge on any atom is 0.573 e. The van der Waals surface area contributed by atoms with Crippen molar-refractivity contribution >= 4 is 5.78 Å². The quantitative estimate of drug-likeness (QED) is 0.307. The van der Waals surface area contributed by atoms with E-state index in [4.69, 9.17) is 0 Å². The fourth-order valence-electron chi connectivity index (χ4n) is 3.90.